The normalized spacial score (nSPS) is 17.9. The molecule has 2 nitrogen and oxygen atoms in total. The fourth-order valence-corrected chi connectivity index (χ4v) is 4.88. The van der Waals surface area contributed by atoms with Crippen LogP contribution in [0.3, 0.4) is 0 Å². The van der Waals surface area contributed by atoms with Crippen LogP contribution in [0.25, 0.3) is 23.3 Å². The highest BCUT2D eigenvalue weighted by molar-refractivity contribution is 5.72. The topological polar surface area (TPSA) is 18.5 Å². The van der Waals surface area contributed by atoms with Gasteiger partial charge >= 0.3 is 0 Å². The number of hydrogen-bond acceptors (Lipinski definition) is 2. The van der Waals surface area contributed by atoms with Gasteiger partial charge in [-0.25, -0.2) is 13.2 Å². The third kappa shape index (κ3) is 6.84. The summed E-state index contributed by atoms with van der Waals surface area (Å²) in [6, 6.07) is 15.7. The maximum atomic E-state index is 15.0. The van der Waals surface area contributed by atoms with Gasteiger partial charge in [-0.15, -0.1) is 0 Å². The molecule has 0 amide bonds. The zero-order valence-electron chi connectivity index (χ0n) is 21.6. The Morgan fingerprint density at radius 2 is 1.54 bits per heavy atom. The second kappa shape index (κ2) is 13.0. The number of halogens is 3. The van der Waals surface area contributed by atoms with E-state index in [1.807, 2.05) is 37.3 Å². The van der Waals surface area contributed by atoms with E-state index in [1.165, 1.54) is 6.07 Å². The van der Waals surface area contributed by atoms with Gasteiger partial charge in [0.2, 0.25) is 0 Å². The van der Waals surface area contributed by atoms with E-state index in [0.717, 1.165) is 61.8 Å². The standard InChI is InChI=1S/C32H35F3O2/c1-3-5-20-37-27-16-12-24(13-17-27)28-18-14-25(31(34)32(28)35)11-8-22-6-9-23(10-7-22)26-15-19-30(36-4-2)29(33)21-26/h6-11,14-15,18-19,21,24,27H,3-5,12-13,16-17,20H2,1-2H3/b11-8+. The van der Waals surface area contributed by atoms with Crippen molar-refractivity contribution in [2.45, 2.75) is 64.4 Å². The first-order chi connectivity index (χ1) is 18.0. The van der Waals surface area contributed by atoms with E-state index in [9.17, 15) is 13.2 Å². The molecule has 0 atom stereocenters. The molecule has 0 aromatic heterocycles. The van der Waals surface area contributed by atoms with Gasteiger partial charge in [0.15, 0.2) is 23.2 Å². The molecule has 37 heavy (non-hydrogen) atoms. The highest BCUT2D eigenvalue weighted by atomic mass is 19.2. The van der Waals surface area contributed by atoms with E-state index in [1.54, 1.807) is 30.4 Å². The Hall–Kier alpha value is -3.05. The molecule has 3 aromatic rings. The summed E-state index contributed by atoms with van der Waals surface area (Å²) in [7, 11) is 0. The molecule has 0 saturated heterocycles. The molecular weight excluding hydrogens is 473 g/mol. The fraction of sp³-hybridized carbons (Fsp3) is 0.375. The summed E-state index contributed by atoms with van der Waals surface area (Å²) < 4.78 is 55.3. The van der Waals surface area contributed by atoms with Gasteiger partial charge in [0.25, 0.3) is 0 Å². The summed E-state index contributed by atoms with van der Waals surface area (Å²) >= 11 is 0. The van der Waals surface area contributed by atoms with E-state index in [2.05, 4.69) is 6.92 Å². The molecule has 1 saturated carbocycles. The third-order valence-electron chi connectivity index (χ3n) is 7.04. The monoisotopic (exact) mass is 508 g/mol. The summed E-state index contributed by atoms with van der Waals surface area (Å²) in [4.78, 5) is 0. The van der Waals surface area contributed by atoms with Gasteiger partial charge in [-0.2, -0.15) is 0 Å². The van der Waals surface area contributed by atoms with E-state index in [-0.39, 0.29) is 23.3 Å². The zero-order valence-corrected chi connectivity index (χ0v) is 21.6. The summed E-state index contributed by atoms with van der Waals surface area (Å²) in [5.41, 5.74) is 3.11. The Kier molecular flexibility index (Phi) is 9.45. The van der Waals surface area contributed by atoms with Crippen molar-refractivity contribution >= 4 is 12.2 Å². The van der Waals surface area contributed by atoms with Crippen molar-refractivity contribution in [3.05, 3.63) is 88.7 Å². The van der Waals surface area contributed by atoms with Gasteiger partial charge in [0.1, 0.15) is 0 Å². The number of unbranched alkanes of at least 4 members (excludes halogenated alkanes) is 1. The first-order valence-corrected chi connectivity index (χ1v) is 13.3. The quantitative estimate of drug-likeness (QED) is 0.201. The number of ether oxygens (including phenoxy) is 2. The molecule has 3 aromatic carbocycles. The molecule has 0 radical (unpaired) electrons. The lowest BCUT2D eigenvalue weighted by Gasteiger charge is -2.29. The van der Waals surface area contributed by atoms with Crippen molar-refractivity contribution in [2.24, 2.45) is 0 Å². The van der Waals surface area contributed by atoms with E-state index in [4.69, 9.17) is 9.47 Å². The molecular formula is C32H35F3O2. The van der Waals surface area contributed by atoms with Gasteiger partial charge < -0.3 is 9.47 Å². The van der Waals surface area contributed by atoms with Gasteiger partial charge in [-0.3, -0.25) is 0 Å². The highest BCUT2D eigenvalue weighted by Gasteiger charge is 2.26. The van der Waals surface area contributed by atoms with Crippen molar-refractivity contribution in [1.29, 1.82) is 0 Å². The van der Waals surface area contributed by atoms with Gasteiger partial charge in [0, 0.05) is 12.2 Å². The largest absolute Gasteiger partial charge is 0.491 e. The van der Waals surface area contributed by atoms with Crippen LogP contribution in [0.15, 0.2) is 54.6 Å². The maximum absolute atomic E-state index is 15.0. The smallest absolute Gasteiger partial charge is 0.166 e. The van der Waals surface area contributed by atoms with Crippen LogP contribution in [-0.4, -0.2) is 19.3 Å². The summed E-state index contributed by atoms with van der Waals surface area (Å²) in [6.45, 7) is 5.13. The van der Waals surface area contributed by atoms with Crippen LogP contribution in [-0.2, 0) is 4.74 Å². The van der Waals surface area contributed by atoms with Crippen molar-refractivity contribution in [3.8, 4) is 16.9 Å². The van der Waals surface area contributed by atoms with E-state index >= 15 is 0 Å². The molecule has 0 N–H and O–H groups in total. The minimum absolute atomic E-state index is 0.0264. The van der Waals surface area contributed by atoms with Gasteiger partial charge in [-0.05, 0) is 79.3 Å². The molecule has 1 fully saturated rings. The van der Waals surface area contributed by atoms with Crippen molar-refractivity contribution < 1.29 is 22.6 Å². The van der Waals surface area contributed by atoms with E-state index < -0.39 is 17.5 Å². The van der Waals surface area contributed by atoms with Crippen molar-refractivity contribution in [3.63, 3.8) is 0 Å². The first-order valence-electron chi connectivity index (χ1n) is 13.3. The molecule has 1 aliphatic carbocycles. The SMILES string of the molecule is CCCCOC1CCC(c2ccc(/C=C/c3ccc(-c4ccc(OCC)c(F)c4)cc3)c(F)c2F)CC1. The van der Waals surface area contributed by atoms with Crippen LogP contribution in [0.2, 0.25) is 0 Å². The lowest BCUT2D eigenvalue weighted by molar-refractivity contribution is 0.0230. The van der Waals surface area contributed by atoms with Gasteiger partial charge in [0.05, 0.1) is 12.7 Å². The first kappa shape index (κ1) is 27.0. The highest BCUT2D eigenvalue weighted by Crippen LogP contribution is 2.36. The average Bonchev–Trinajstić information content (AvgIpc) is 2.92. The summed E-state index contributed by atoms with van der Waals surface area (Å²) in [6.07, 6.45) is 9.13. The van der Waals surface area contributed by atoms with E-state index in [0.29, 0.717) is 12.2 Å². The predicted molar refractivity (Wildman–Crippen MR) is 144 cm³/mol. The molecule has 4 rings (SSSR count). The van der Waals surface area contributed by atoms with Crippen LogP contribution in [0.1, 0.15) is 75.0 Å². The molecule has 0 spiro atoms. The maximum Gasteiger partial charge on any atom is 0.166 e. The number of rotatable bonds is 10. The summed E-state index contributed by atoms with van der Waals surface area (Å²) in [5, 5.41) is 0. The third-order valence-corrected chi connectivity index (χ3v) is 7.04. The molecule has 196 valence electrons. The number of benzene rings is 3. The van der Waals surface area contributed by atoms with Crippen LogP contribution in [0, 0.1) is 17.5 Å². The zero-order chi connectivity index (χ0) is 26.2. The predicted octanol–water partition coefficient (Wildman–Crippen LogP) is 9.18. The van der Waals surface area contributed by atoms with Crippen LogP contribution in [0.4, 0.5) is 13.2 Å². The number of hydrogen-bond donors (Lipinski definition) is 0. The average molecular weight is 509 g/mol. The second-order valence-corrected chi connectivity index (χ2v) is 9.60. The molecule has 0 unspecified atom stereocenters. The second-order valence-electron chi connectivity index (χ2n) is 9.60. The Labute approximate surface area is 218 Å². The van der Waals surface area contributed by atoms with Crippen molar-refractivity contribution in [2.75, 3.05) is 13.2 Å². The minimum Gasteiger partial charge on any atom is -0.491 e. The van der Waals surface area contributed by atoms with Crippen molar-refractivity contribution in [1.82, 2.24) is 0 Å². The Balaban J connectivity index is 1.40. The van der Waals surface area contributed by atoms with Crippen LogP contribution < -0.4 is 4.74 Å². The fourth-order valence-electron chi connectivity index (χ4n) is 4.88. The van der Waals surface area contributed by atoms with Crippen LogP contribution in [0.5, 0.6) is 5.75 Å². The molecule has 0 aliphatic heterocycles. The minimum atomic E-state index is -0.809. The van der Waals surface area contributed by atoms with Crippen LogP contribution >= 0.6 is 0 Å². The lowest BCUT2D eigenvalue weighted by Crippen LogP contribution is -2.22. The Morgan fingerprint density at radius 1 is 0.811 bits per heavy atom. The Bertz CT molecular complexity index is 1200. The molecule has 0 bridgehead atoms. The van der Waals surface area contributed by atoms with Gasteiger partial charge in [-0.1, -0.05) is 68.0 Å². The molecule has 0 heterocycles. The lowest BCUT2D eigenvalue weighted by atomic mass is 9.82. The molecule has 1 aliphatic rings. The summed E-state index contributed by atoms with van der Waals surface area (Å²) in [5.74, 6) is -1.70. The molecule has 5 heteroatoms. The Morgan fingerprint density at radius 3 is 2.22 bits per heavy atom.